The molecule has 0 saturated heterocycles. The number of anilines is 1. The fraction of sp³-hybridized carbons (Fsp3) is 0.231. The first-order chi connectivity index (χ1) is 10.0. The molecule has 0 aliphatic rings. The van der Waals surface area contributed by atoms with Crippen molar-refractivity contribution in [1.29, 1.82) is 0 Å². The van der Waals surface area contributed by atoms with E-state index in [-0.39, 0.29) is 17.3 Å². The number of benzene rings is 1. The van der Waals surface area contributed by atoms with Crippen LogP contribution in [-0.2, 0) is 0 Å². The van der Waals surface area contributed by atoms with Gasteiger partial charge in [-0.05, 0) is 41.4 Å². The van der Waals surface area contributed by atoms with Crippen LogP contribution in [-0.4, -0.2) is 21.4 Å². The predicted molar refractivity (Wildman–Crippen MR) is 81.8 cm³/mol. The van der Waals surface area contributed by atoms with Gasteiger partial charge in [0.05, 0.1) is 15.6 Å². The van der Waals surface area contributed by atoms with Crippen LogP contribution in [0.2, 0.25) is 0 Å². The number of rotatable bonds is 5. The van der Waals surface area contributed by atoms with Crippen molar-refractivity contribution in [2.75, 3.05) is 11.9 Å². The van der Waals surface area contributed by atoms with Gasteiger partial charge >= 0.3 is 5.69 Å². The molecule has 8 heteroatoms. The Balaban J connectivity index is 2.39. The number of hydrogen-bond acceptors (Lipinski definition) is 6. The molecule has 0 aliphatic heterocycles. The van der Waals surface area contributed by atoms with Crippen molar-refractivity contribution in [3.8, 4) is 11.6 Å². The standard InChI is InChI=1S/C13H13BrN4O3/c1-3-15-13-16-7-9(14)12(17-13)21-11-6-8(2)4-5-10(11)18(19)20/h4-7H,3H2,1-2H3,(H,15,16,17). The van der Waals surface area contributed by atoms with E-state index >= 15 is 0 Å². The van der Waals surface area contributed by atoms with Gasteiger partial charge in [0.2, 0.25) is 17.6 Å². The topological polar surface area (TPSA) is 90.2 Å². The maximum atomic E-state index is 11.0. The molecular weight excluding hydrogens is 340 g/mol. The van der Waals surface area contributed by atoms with E-state index in [9.17, 15) is 10.1 Å². The molecule has 110 valence electrons. The van der Waals surface area contributed by atoms with Gasteiger partial charge in [-0.3, -0.25) is 10.1 Å². The lowest BCUT2D eigenvalue weighted by molar-refractivity contribution is -0.385. The van der Waals surface area contributed by atoms with Crippen LogP contribution in [0.15, 0.2) is 28.9 Å². The average molecular weight is 353 g/mol. The van der Waals surface area contributed by atoms with E-state index in [0.29, 0.717) is 17.0 Å². The second kappa shape index (κ2) is 6.49. The lowest BCUT2D eigenvalue weighted by Gasteiger charge is -2.09. The highest BCUT2D eigenvalue weighted by Crippen LogP contribution is 2.34. The molecule has 1 aromatic carbocycles. The smallest absolute Gasteiger partial charge is 0.311 e. The number of aryl methyl sites for hydroxylation is 1. The lowest BCUT2D eigenvalue weighted by atomic mass is 10.2. The summed E-state index contributed by atoms with van der Waals surface area (Å²) in [7, 11) is 0. The number of nitrogens with zero attached hydrogens (tertiary/aromatic N) is 3. The molecular formula is C13H13BrN4O3. The molecule has 0 fully saturated rings. The average Bonchev–Trinajstić information content (AvgIpc) is 2.42. The Morgan fingerprint density at radius 1 is 1.48 bits per heavy atom. The molecule has 0 atom stereocenters. The highest BCUT2D eigenvalue weighted by atomic mass is 79.9. The first kappa shape index (κ1) is 15.2. The molecule has 0 aliphatic carbocycles. The Morgan fingerprint density at radius 3 is 2.90 bits per heavy atom. The number of ether oxygens (including phenoxy) is 1. The Bertz CT molecular complexity index is 678. The molecule has 1 aromatic heterocycles. The maximum absolute atomic E-state index is 11.0. The maximum Gasteiger partial charge on any atom is 0.311 e. The zero-order chi connectivity index (χ0) is 15.4. The second-order valence-electron chi connectivity index (χ2n) is 4.21. The Morgan fingerprint density at radius 2 is 2.24 bits per heavy atom. The summed E-state index contributed by atoms with van der Waals surface area (Å²) in [5, 5.41) is 14.0. The fourth-order valence-electron chi connectivity index (χ4n) is 1.62. The highest BCUT2D eigenvalue weighted by Gasteiger charge is 2.18. The molecule has 0 amide bonds. The number of nitrogens with one attached hydrogen (secondary N) is 1. The van der Waals surface area contributed by atoms with Crippen LogP contribution in [0.25, 0.3) is 0 Å². The van der Waals surface area contributed by atoms with Gasteiger partial charge in [0.15, 0.2) is 0 Å². The second-order valence-corrected chi connectivity index (χ2v) is 5.06. The van der Waals surface area contributed by atoms with Crippen molar-refractivity contribution < 1.29 is 9.66 Å². The zero-order valence-corrected chi connectivity index (χ0v) is 13.0. The molecule has 2 rings (SSSR count). The summed E-state index contributed by atoms with van der Waals surface area (Å²) < 4.78 is 6.10. The predicted octanol–water partition coefficient (Wildman–Crippen LogP) is 3.68. The first-order valence-corrected chi connectivity index (χ1v) is 7.00. The van der Waals surface area contributed by atoms with Gasteiger partial charge in [-0.15, -0.1) is 0 Å². The van der Waals surface area contributed by atoms with E-state index in [4.69, 9.17) is 4.74 Å². The van der Waals surface area contributed by atoms with Crippen LogP contribution in [0.3, 0.4) is 0 Å². The molecule has 7 nitrogen and oxygen atoms in total. The van der Waals surface area contributed by atoms with Crippen LogP contribution < -0.4 is 10.1 Å². The molecule has 1 heterocycles. The van der Waals surface area contributed by atoms with Crippen molar-refractivity contribution in [2.45, 2.75) is 13.8 Å². The van der Waals surface area contributed by atoms with Gasteiger partial charge in [0.25, 0.3) is 0 Å². The van der Waals surface area contributed by atoms with Gasteiger partial charge in [-0.2, -0.15) is 4.98 Å². The number of aromatic nitrogens is 2. The van der Waals surface area contributed by atoms with Gasteiger partial charge in [-0.25, -0.2) is 4.98 Å². The van der Waals surface area contributed by atoms with Gasteiger partial charge in [-0.1, -0.05) is 6.07 Å². The van der Waals surface area contributed by atoms with Crippen LogP contribution in [0.1, 0.15) is 12.5 Å². The van der Waals surface area contributed by atoms with E-state index in [2.05, 4.69) is 31.2 Å². The van der Waals surface area contributed by atoms with E-state index in [1.807, 2.05) is 13.8 Å². The highest BCUT2D eigenvalue weighted by molar-refractivity contribution is 9.10. The summed E-state index contributed by atoms with van der Waals surface area (Å²) >= 11 is 3.27. The first-order valence-electron chi connectivity index (χ1n) is 6.20. The summed E-state index contributed by atoms with van der Waals surface area (Å²) in [4.78, 5) is 18.8. The minimum atomic E-state index is -0.491. The summed E-state index contributed by atoms with van der Waals surface area (Å²) in [5.41, 5.74) is 0.740. The molecule has 1 N–H and O–H groups in total. The van der Waals surface area contributed by atoms with E-state index in [1.165, 1.54) is 12.3 Å². The van der Waals surface area contributed by atoms with E-state index in [1.54, 1.807) is 12.1 Å². The zero-order valence-electron chi connectivity index (χ0n) is 11.5. The third-order valence-electron chi connectivity index (χ3n) is 2.57. The van der Waals surface area contributed by atoms with Crippen LogP contribution in [0.4, 0.5) is 11.6 Å². The Hall–Kier alpha value is -2.22. The molecule has 0 saturated carbocycles. The number of halogens is 1. The Kier molecular flexibility index (Phi) is 4.69. The third kappa shape index (κ3) is 3.66. The van der Waals surface area contributed by atoms with Crippen LogP contribution in [0, 0.1) is 17.0 Å². The summed E-state index contributed by atoms with van der Waals surface area (Å²) in [6.07, 6.45) is 1.53. The Labute approximate surface area is 129 Å². The number of hydrogen-bond donors (Lipinski definition) is 1. The van der Waals surface area contributed by atoms with E-state index < -0.39 is 4.92 Å². The summed E-state index contributed by atoms with van der Waals surface area (Å²) in [6.45, 7) is 4.40. The van der Waals surface area contributed by atoms with Crippen LogP contribution in [0.5, 0.6) is 11.6 Å². The fourth-order valence-corrected chi connectivity index (χ4v) is 1.90. The number of nitro groups is 1. The van der Waals surface area contributed by atoms with Crippen molar-refractivity contribution in [3.05, 3.63) is 44.5 Å². The molecule has 0 unspecified atom stereocenters. The molecule has 2 aromatic rings. The molecule has 21 heavy (non-hydrogen) atoms. The largest absolute Gasteiger partial charge is 0.430 e. The monoisotopic (exact) mass is 352 g/mol. The molecule has 0 bridgehead atoms. The van der Waals surface area contributed by atoms with Crippen molar-refractivity contribution in [2.24, 2.45) is 0 Å². The minimum Gasteiger partial charge on any atom is -0.430 e. The van der Waals surface area contributed by atoms with Crippen molar-refractivity contribution in [3.63, 3.8) is 0 Å². The quantitative estimate of drug-likeness (QED) is 0.651. The van der Waals surface area contributed by atoms with Gasteiger partial charge in [0, 0.05) is 12.6 Å². The van der Waals surface area contributed by atoms with Crippen molar-refractivity contribution in [1.82, 2.24) is 9.97 Å². The summed E-state index contributed by atoms with van der Waals surface area (Å²) in [5.74, 6) is 0.752. The third-order valence-corrected chi connectivity index (χ3v) is 3.11. The molecule has 0 radical (unpaired) electrons. The van der Waals surface area contributed by atoms with Gasteiger partial charge < -0.3 is 10.1 Å². The minimum absolute atomic E-state index is 0.115. The van der Waals surface area contributed by atoms with Crippen LogP contribution >= 0.6 is 15.9 Å². The van der Waals surface area contributed by atoms with E-state index in [0.717, 1.165) is 5.56 Å². The molecule has 0 spiro atoms. The van der Waals surface area contributed by atoms with Crippen molar-refractivity contribution >= 4 is 27.6 Å². The summed E-state index contributed by atoms with van der Waals surface area (Å²) in [6, 6.07) is 4.66. The lowest BCUT2D eigenvalue weighted by Crippen LogP contribution is -2.03. The SMILES string of the molecule is CCNc1ncc(Br)c(Oc2cc(C)ccc2[N+](=O)[O-])n1. The number of nitro benzene ring substituents is 1. The normalized spacial score (nSPS) is 10.2. The van der Waals surface area contributed by atoms with Gasteiger partial charge in [0.1, 0.15) is 0 Å².